The van der Waals surface area contributed by atoms with Crippen molar-refractivity contribution in [2.45, 2.75) is 97.1 Å². The van der Waals surface area contributed by atoms with E-state index in [-0.39, 0.29) is 29.4 Å². The maximum Gasteiger partial charge on any atom is 0.311 e. The molecule has 3 fully saturated rings. The SMILES string of the molecule is CCC(C)(C)C(=O)OCC1CCC2OC(C)(C3CCCC3)OC2C1. The average molecular weight is 338 g/mol. The first-order valence-corrected chi connectivity index (χ1v) is 9.87. The van der Waals surface area contributed by atoms with E-state index in [2.05, 4.69) is 6.92 Å². The summed E-state index contributed by atoms with van der Waals surface area (Å²) in [5, 5.41) is 0. The minimum atomic E-state index is -0.387. The lowest BCUT2D eigenvalue weighted by Gasteiger charge is -2.30. The molecule has 0 radical (unpaired) electrons. The first-order chi connectivity index (χ1) is 11.3. The lowest BCUT2D eigenvalue weighted by atomic mass is 9.85. The van der Waals surface area contributed by atoms with Crippen LogP contribution in [0.2, 0.25) is 0 Å². The normalized spacial score (nSPS) is 37.4. The quantitative estimate of drug-likeness (QED) is 0.694. The molecule has 0 bridgehead atoms. The number of hydrogen-bond acceptors (Lipinski definition) is 4. The first kappa shape index (κ1) is 18.2. The van der Waals surface area contributed by atoms with E-state index >= 15 is 0 Å². The highest BCUT2D eigenvalue weighted by molar-refractivity contribution is 5.75. The van der Waals surface area contributed by atoms with Crippen molar-refractivity contribution >= 4 is 5.97 Å². The molecule has 0 amide bonds. The smallest absolute Gasteiger partial charge is 0.311 e. The summed E-state index contributed by atoms with van der Waals surface area (Å²) in [5.41, 5.74) is -0.384. The van der Waals surface area contributed by atoms with Gasteiger partial charge in [-0.1, -0.05) is 19.8 Å². The molecule has 1 heterocycles. The largest absolute Gasteiger partial charge is 0.465 e. The van der Waals surface area contributed by atoms with Gasteiger partial charge in [0.2, 0.25) is 0 Å². The van der Waals surface area contributed by atoms with Gasteiger partial charge in [0.1, 0.15) is 0 Å². The second-order valence-corrected chi connectivity index (χ2v) is 8.82. The molecule has 3 rings (SSSR count). The van der Waals surface area contributed by atoms with Crippen LogP contribution in [0.15, 0.2) is 0 Å². The molecule has 0 aromatic heterocycles. The first-order valence-electron chi connectivity index (χ1n) is 9.87. The maximum atomic E-state index is 12.2. The summed E-state index contributed by atoms with van der Waals surface area (Å²) in [6.45, 7) is 8.59. The van der Waals surface area contributed by atoms with Crippen molar-refractivity contribution in [3.05, 3.63) is 0 Å². The van der Waals surface area contributed by atoms with Gasteiger partial charge < -0.3 is 14.2 Å². The Kier molecular flexibility index (Phi) is 5.27. The Bertz CT molecular complexity index is 455. The van der Waals surface area contributed by atoms with Crippen LogP contribution < -0.4 is 0 Å². The Balaban J connectivity index is 1.51. The predicted molar refractivity (Wildman–Crippen MR) is 92.5 cm³/mol. The minimum absolute atomic E-state index is 0.0773. The standard InChI is InChI=1S/C20H34O4/c1-5-19(2,3)18(21)22-13-14-10-11-16-17(12-14)24-20(4,23-16)15-8-6-7-9-15/h14-17H,5-13H2,1-4H3. The molecule has 3 aliphatic rings. The van der Waals surface area contributed by atoms with Gasteiger partial charge in [0.25, 0.3) is 0 Å². The lowest BCUT2D eigenvalue weighted by Crippen LogP contribution is -2.35. The molecule has 4 nitrogen and oxygen atoms in total. The topological polar surface area (TPSA) is 44.8 Å². The molecular formula is C20H34O4. The van der Waals surface area contributed by atoms with Crippen LogP contribution in [0.4, 0.5) is 0 Å². The Labute approximate surface area is 146 Å². The molecular weight excluding hydrogens is 304 g/mol. The second kappa shape index (κ2) is 6.95. The van der Waals surface area contributed by atoms with E-state index < -0.39 is 0 Å². The number of ether oxygens (including phenoxy) is 3. The van der Waals surface area contributed by atoms with Crippen molar-refractivity contribution in [1.29, 1.82) is 0 Å². The molecule has 0 spiro atoms. The fourth-order valence-electron chi connectivity index (χ4n) is 4.40. The van der Waals surface area contributed by atoms with Gasteiger partial charge in [0, 0.05) is 5.92 Å². The van der Waals surface area contributed by atoms with Crippen molar-refractivity contribution in [1.82, 2.24) is 0 Å². The van der Waals surface area contributed by atoms with Crippen LogP contribution in [0.1, 0.15) is 79.1 Å². The Morgan fingerprint density at radius 1 is 1.12 bits per heavy atom. The summed E-state index contributed by atoms with van der Waals surface area (Å²) in [5.74, 6) is 0.482. The zero-order chi connectivity index (χ0) is 17.4. The highest BCUT2D eigenvalue weighted by atomic mass is 16.8. The van der Waals surface area contributed by atoms with Crippen LogP contribution in [0, 0.1) is 17.3 Å². The Morgan fingerprint density at radius 2 is 1.79 bits per heavy atom. The van der Waals surface area contributed by atoms with Crippen molar-refractivity contribution in [3.8, 4) is 0 Å². The zero-order valence-electron chi connectivity index (χ0n) is 15.8. The minimum Gasteiger partial charge on any atom is -0.465 e. The van der Waals surface area contributed by atoms with Gasteiger partial charge in [0.05, 0.1) is 24.2 Å². The summed E-state index contributed by atoms with van der Waals surface area (Å²) in [6, 6.07) is 0. The number of carbonyl (C=O) groups is 1. The van der Waals surface area contributed by atoms with Crippen LogP contribution in [0.25, 0.3) is 0 Å². The van der Waals surface area contributed by atoms with E-state index in [1.54, 1.807) is 0 Å². The van der Waals surface area contributed by atoms with Crippen LogP contribution in [0.5, 0.6) is 0 Å². The van der Waals surface area contributed by atoms with E-state index in [0.29, 0.717) is 18.4 Å². The molecule has 2 aliphatic carbocycles. The van der Waals surface area contributed by atoms with Crippen LogP contribution in [-0.2, 0) is 19.0 Å². The van der Waals surface area contributed by atoms with Gasteiger partial charge in [-0.25, -0.2) is 0 Å². The van der Waals surface area contributed by atoms with Gasteiger partial charge in [0.15, 0.2) is 5.79 Å². The van der Waals surface area contributed by atoms with E-state index in [9.17, 15) is 4.79 Å². The molecule has 0 aromatic rings. The maximum absolute atomic E-state index is 12.2. The Morgan fingerprint density at radius 3 is 2.46 bits per heavy atom. The van der Waals surface area contributed by atoms with Gasteiger partial charge in [-0.15, -0.1) is 0 Å². The van der Waals surface area contributed by atoms with E-state index in [4.69, 9.17) is 14.2 Å². The Hall–Kier alpha value is -0.610. The zero-order valence-corrected chi connectivity index (χ0v) is 15.8. The number of fused-ring (bicyclic) bond motifs is 1. The van der Waals surface area contributed by atoms with Crippen LogP contribution in [0.3, 0.4) is 0 Å². The third kappa shape index (κ3) is 3.65. The van der Waals surface area contributed by atoms with E-state index in [0.717, 1.165) is 25.7 Å². The summed E-state index contributed by atoms with van der Waals surface area (Å²) in [4.78, 5) is 12.2. The molecule has 24 heavy (non-hydrogen) atoms. The van der Waals surface area contributed by atoms with E-state index in [1.165, 1.54) is 25.7 Å². The summed E-state index contributed by atoms with van der Waals surface area (Å²) in [6.07, 6.45) is 9.29. The highest BCUT2D eigenvalue weighted by Gasteiger charge is 2.51. The average Bonchev–Trinajstić information content (AvgIpc) is 3.19. The molecule has 1 saturated heterocycles. The molecule has 0 N–H and O–H groups in total. The predicted octanol–water partition coefficient (Wildman–Crippen LogP) is 4.46. The monoisotopic (exact) mass is 338 g/mol. The van der Waals surface area contributed by atoms with Crippen LogP contribution >= 0.6 is 0 Å². The molecule has 1 aliphatic heterocycles. The van der Waals surface area contributed by atoms with Gasteiger partial charge in [-0.05, 0) is 65.2 Å². The number of hydrogen-bond donors (Lipinski definition) is 0. The second-order valence-electron chi connectivity index (χ2n) is 8.82. The molecule has 138 valence electrons. The van der Waals surface area contributed by atoms with Crippen molar-refractivity contribution in [2.75, 3.05) is 6.61 Å². The van der Waals surface area contributed by atoms with Gasteiger partial charge in [-0.3, -0.25) is 4.79 Å². The van der Waals surface area contributed by atoms with Crippen molar-refractivity contribution < 1.29 is 19.0 Å². The number of rotatable bonds is 5. The molecule has 0 aromatic carbocycles. The van der Waals surface area contributed by atoms with E-state index in [1.807, 2.05) is 20.8 Å². The molecule has 2 saturated carbocycles. The number of carbonyl (C=O) groups excluding carboxylic acids is 1. The summed E-state index contributed by atoms with van der Waals surface area (Å²) >= 11 is 0. The number of esters is 1. The molecule has 4 heteroatoms. The van der Waals surface area contributed by atoms with Gasteiger partial charge >= 0.3 is 5.97 Å². The summed E-state index contributed by atoms with van der Waals surface area (Å²) in [7, 11) is 0. The fourth-order valence-corrected chi connectivity index (χ4v) is 4.40. The molecule has 4 atom stereocenters. The molecule has 4 unspecified atom stereocenters. The summed E-state index contributed by atoms with van der Waals surface area (Å²) < 4.78 is 18.4. The van der Waals surface area contributed by atoms with Crippen LogP contribution in [-0.4, -0.2) is 30.6 Å². The third-order valence-electron chi connectivity index (χ3n) is 6.59. The van der Waals surface area contributed by atoms with Crippen molar-refractivity contribution in [3.63, 3.8) is 0 Å². The lowest BCUT2D eigenvalue weighted by molar-refractivity contribution is -0.196. The van der Waals surface area contributed by atoms with Gasteiger partial charge in [-0.2, -0.15) is 0 Å². The fraction of sp³-hybridized carbons (Fsp3) is 0.950. The van der Waals surface area contributed by atoms with Crippen molar-refractivity contribution in [2.24, 2.45) is 17.3 Å². The third-order valence-corrected chi connectivity index (χ3v) is 6.59. The highest BCUT2D eigenvalue weighted by Crippen LogP contribution is 2.46.